The van der Waals surface area contributed by atoms with Crippen LogP contribution in [0.25, 0.3) is 0 Å². The molecule has 0 spiro atoms. The maximum atomic E-state index is 12.0. The van der Waals surface area contributed by atoms with Crippen LogP contribution < -0.4 is 5.32 Å². The summed E-state index contributed by atoms with van der Waals surface area (Å²) in [5.74, 6) is 0.858. The summed E-state index contributed by atoms with van der Waals surface area (Å²) in [7, 11) is 3.83. The zero-order chi connectivity index (χ0) is 14.1. The zero-order valence-corrected chi connectivity index (χ0v) is 12.7. The van der Waals surface area contributed by atoms with Gasteiger partial charge in [-0.15, -0.1) is 0 Å². The molecule has 0 bridgehead atoms. The second-order valence-corrected chi connectivity index (χ2v) is 5.43. The van der Waals surface area contributed by atoms with Crippen LogP contribution in [0.4, 0.5) is 0 Å². The molecule has 5 nitrogen and oxygen atoms in total. The maximum Gasteiger partial charge on any atom is 0.236 e. The Hall–Kier alpha value is -0.650. The molecule has 1 rings (SSSR count). The minimum absolute atomic E-state index is 0.219. The Bertz CT molecular complexity index is 261. The van der Waals surface area contributed by atoms with E-state index in [1.165, 1.54) is 6.42 Å². The van der Waals surface area contributed by atoms with Crippen molar-refractivity contribution in [3.63, 3.8) is 0 Å². The molecule has 0 saturated carbocycles. The van der Waals surface area contributed by atoms with Crippen molar-refractivity contribution in [2.24, 2.45) is 5.92 Å². The monoisotopic (exact) mass is 271 g/mol. The van der Waals surface area contributed by atoms with Crippen LogP contribution in [-0.2, 0) is 9.53 Å². The molecule has 1 heterocycles. The highest BCUT2D eigenvalue weighted by Gasteiger charge is 2.26. The van der Waals surface area contributed by atoms with Crippen LogP contribution in [0.2, 0.25) is 0 Å². The molecule has 0 aromatic carbocycles. The lowest BCUT2D eigenvalue weighted by Crippen LogP contribution is -2.38. The molecular formula is C14H29N3O2. The predicted molar refractivity (Wildman–Crippen MR) is 77.2 cm³/mol. The molecule has 5 heteroatoms. The molecule has 1 saturated heterocycles. The third-order valence-electron chi connectivity index (χ3n) is 3.57. The van der Waals surface area contributed by atoms with Gasteiger partial charge in [-0.2, -0.15) is 0 Å². The van der Waals surface area contributed by atoms with Gasteiger partial charge >= 0.3 is 0 Å². The number of nitrogens with one attached hydrogen (secondary N) is 1. The van der Waals surface area contributed by atoms with E-state index in [4.69, 9.17) is 4.74 Å². The van der Waals surface area contributed by atoms with Crippen molar-refractivity contribution >= 4 is 5.91 Å². The number of ether oxygens (including phenoxy) is 1. The molecule has 112 valence electrons. The molecule has 1 unspecified atom stereocenters. The van der Waals surface area contributed by atoms with E-state index in [0.29, 0.717) is 19.1 Å². The Morgan fingerprint density at radius 3 is 3.00 bits per heavy atom. The Morgan fingerprint density at radius 1 is 1.53 bits per heavy atom. The molecular weight excluding hydrogens is 242 g/mol. The zero-order valence-electron chi connectivity index (χ0n) is 12.7. The van der Waals surface area contributed by atoms with Gasteiger partial charge in [0.15, 0.2) is 0 Å². The van der Waals surface area contributed by atoms with Crippen molar-refractivity contribution in [3.8, 4) is 0 Å². The van der Waals surface area contributed by atoms with Gasteiger partial charge in [-0.25, -0.2) is 0 Å². The summed E-state index contributed by atoms with van der Waals surface area (Å²) in [5, 5.41) is 3.11. The number of carbonyl (C=O) groups is 1. The molecule has 1 atom stereocenters. The maximum absolute atomic E-state index is 12.0. The normalized spacial score (nSPS) is 19.4. The van der Waals surface area contributed by atoms with Crippen molar-refractivity contribution in [1.29, 1.82) is 0 Å². The molecule has 0 radical (unpaired) electrons. The number of amides is 1. The van der Waals surface area contributed by atoms with Crippen LogP contribution >= 0.6 is 0 Å². The lowest BCUT2D eigenvalue weighted by Gasteiger charge is -2.21. The number of likely N-dealkylation sites (tertiary alicyclic amines) is 1. The molecule has 19 heavy (non-hydrogen) atoms. The van der Waals surface area contributed by atoms with Crippen molar-refractivity contribution in [3.05, 3.63) is 0 Å². The molecule has 1 aliphatic heterocycles. The average Bonchev–Trinajstić information content (AvgIpc) is 2.83. The first kappa shape index (κ1) is 16.4. The Balaban J connectivity index is 2.17. The fraction of sp³-hybridized carbons (Fsp3) is 0.929. The van der Waals surface area contributed by atoms with Gasteiger partial charge in [0.2, 0.25) is 5.91 Å². The predicted octanol–water partition coefficient (Wildman–Crippen LogP) is 0.413. The molecule has 0 aliphatic carbocycles. The van der Waals surface area contributed by atoms with E-state index in [9.17, 15) is 4.79 Å². The summed E-state index contributed by atoms with van der Waals surface area (Å²) in [4.78, 5) is 16.3. The second-order valence-electron chi connectivity index (χ2n) is 5.43. The summed E-state index contributed by atoms with van der Waals surface area (Å²) >= 11 is 0. The van der Waals surface area contributed by atoms with Gasteiger partial charge < -0.3 is 19.9 Å². The van der Waals surface area contributed by atoms with Gasteiger partial charge in [0, 0.05) is 33.3 Å². The SMILES string of the molecule is CCCN(C)CC1CCN(C(=O)CNCCOC)C1. The van der Waals surface area contributed by atoms with Crippen molar-refractivity contribution in [2.75, 3.05) is 60.0 Å². The fourth-order valence-electron chi connectivity index (χ4n) is 2.60. The van der Waals surface area contributed by atoms with Gasteiger partial charge in [0.05, 0.1) is 13.2 Å². The third kappa shape index (κ3) is 6.36. The minimum atomic E-state index is 0.219. The van der Waals surface area contributed by atoms with Crippen molar-refractivity contribution < 1.29 is 9.53 Å². The summed E-state index contributed by atoms with van der Waals surface area (Å²) in [6, 6.07) is 0. The third-order valence-corrected chi connectivity index (χ3v) is 3.57. The molecule has 1 aliphatic rings. The van der Waals surface area contributed by atoms with E-state index in [1.54, 1.807) is 7.11 Å². The molecule has 0 aromatic heterocycles. The van der Waals surface area contributed by atoms with Crippen LogP contribution in [0, 0.1) is 5.92 Å². The second kappa shape index (κ2) is 9.28. The number of hydrogen-bond acceptors (Lipinski definition) is 4. The molecule has 0 aromatic rings. The topological polar surface area (TPSA) is 44.8 Å². The van der Waals surface area contributed by atoms with Crippen LogP contribution in [0.15, 0.2) is 0 Å². The van der Waals surface area contributed by atoms with E-state index in [-0.39, 0.29) is 5.91 Å². The minimum Gasteiger partial charge on any atom is -0.383 e. The largest absolute Gasteiger partial charge is 0.383 e. The van der Waals surface area contributed by atoms with Gasteiger partial charge in [-0.05, 0) is 32.4 Å². The first-order valence-electron chi connectivity index (χ1n) is 7.33. The Labute approximate surface area is 117 Å². The summed E-state index contributed by atoms with van der Waals surface area (Å²) < 4.78 is 4.94. The van der Waals surface area contributed by atoms with E-state index in [2.05, 4.69) is 24.2 Å². The first-order chi connectivity index (χ1) is 9.17. The van der Waals surface area contributed by atoms with Crippen molar-refractivity contribution in [2.45, 2.75) is 19.8 Å². The first-order valence-corrected chi connectivity index (χ1v) is 7.33. The highest BCUT2D eigenvalue weighted by atomic mass is 16.5. The van der Waals surface area contributed by atoms with Crippen LogP contribution in [-0.4, -0.2) is 75.7 Å². The number of methoxy groups -OCH3 is 1. The standard InChI is InChI=1S/C14H29N3O2/c1-4-7-16(2)11-13-5-8-17(12-13)14(18)10-15-6-9-19-3/h13,15H,4-12H2,1-3H3. The van der Waals surface area contributed by atoms with Gasteiger partial charge in [-0.3, -0.25) is 4.79 Å². The molecule has 1 amide bonds. The smallest absolute Gasteiger partial charge is 0.236 e. The fourth-order valence-corrected chi connectivity index (χ4v) is 2.60. The quantitative estimate of drug-likeness (QED) is 0.617. The van der Waals surface area contributed by atoms with E-state index in [0.717, 1.165) is 39.1 Å². The Morgan fingerprint density at radius 2 is 2.32 bits per heavy atom. The number of carbonyl (C=O) groups excluding carboxylic acids is 1. The Kier molecular flexibility index (Phi) is 8.02. The lowest BCUT2D eigenvalue weighted by atomic mass is 10.1. The van der Waals surface area contributed by atoms with Crippen molar-refractivity contribution in [1.82, 2.24) is 15.1 Å². The lowest BCUT2D eigenvalue weighted by molar-refractivity contribution is -0.129. The van der Waals surface area contributed by atoms with E-state index >= 15 is 0 Å². The number of nitrogens with zero attached hydrogens (tertiary/aromatic N) is 2. The van der Waals surface area contributed by atoms with Gasteiger partial charge in [-0.1, -0.05) is 6.92 Å². The van der Waals surface area contributed by atoms with E-state index < -0.39 is 0 Å². The highest BCUT2D eigenvalue weighted by molar-refractivity contribution is 5.78. The van der Waals surface area contributed by atoms with Gasteiger partial charge in [0.25, 0.3) is 0 Å². The summed E-state index contributed by atoms with van der Waals surface area (Å²) in [6.45, 7) is 8.09. The number of rotatable bonds is 9. The summed E-state index contributed by atoms with van der Waals surface area (Å²) in [5.41, 5.74) is 0. The number of hydrogen-bond donors (Lipinski definition) is 1. The van der Waals surface area contributed by atoms with Crippen LogP contribution in [0.3, 0.4) is 0 Å². The summed E-state index contributed by atoms with van der Waals surface area (Å²) in [6.07, 6.45) is 2.33. The highest BCUT2D eigenvalue weighted by Crippen LogP contribution is 2.17. The molecule has 1 fully saturated rings. The van der Waals surface area contributed by atoms with Crippen LogP contribution in [0.5, 0.6) is 0 Å². The van der Waals surface area contributed by atoms with Gasteiger partial charge in [0.1, 0.15) is 0 Å². The molecule has 1 N–H and O–H groups in total. The van der Waals surface area contributed by atoms with E-state index in [1.807, 2.05) is 4.90 Å². The average molecular weight is 271 g/mol. The van der Waals surface area contributed by atoms with Crippen LogP contribution in [0.1, 0.15) is 19.8 Å².